The van der Waals surface area contributed by atoms with E-state index in [0.29, 0.717) is 60.5 Å². The minimum Gasteiger partial charge on any atom is -0.496 e. The Hall–Kier alpha value is -3.64. The van der Waals surface area contributed by atoms with E-state index >= 15 is 0 Å². The molecule has 190 valence electrons. The highest BCUT2D eigenvalue weighted by Crippen LogP contribution is 2.43. The van der Waals surface area contributed by atoms with Crippen molar-refractivity contribution in [3.8, 4) is 45.1 Å². The van der Waals surface area contributed by atoms with Gasteiger partial charge in [-0.15, -0.1) is 0 Å². The lowest BCUT2D eigenvalue weighted by atomic mass is 9.99. The second-order valence-corrected chi connectivity index (χ2v) is 9.73. The Balaban J connectivity index is 1.64. The number of carbonyl (C=O) groups is 1. The SMILES string of the molecule is COc1cc(-c2nccc(-c3cccc(-c4ccc5c(OC)c(C=O)cc(Cl)c5n4)c3Cl)c2Cl)ccc1C. The molecule has 38 heavy (non-hydrogen) atoms. The summed E-state index contributed by atoms with van der Waals surface area (Å²) in [6.07, 6.45) is 2.41. The van der Waals surface area contributed by atoms with Gasteiger partial charge < -0.3 is 9.47 Å². The van der Waals surface area contributed by atoms with Crippen molar-refractivity contribution in [2.75, 3.05) is 14.2 Å². The van der Waals surface area contributed by atoms with Gasteiger partial charge in [-0.2, -0.15) is 0 Å². The lowest BCUT2D eigenvalue weighted by molar-refractivity contribution is 0.112. The van der Waals surface area contributed by atoms with Gasteiger partial charge in [0.1, 0.15) is 11.5 Å². The summed E-state index contributed by atoms with van der Waals surface area (Å²) in [6.45, 7) is 1.98. The molecule has 2 heterocycles. The normalized spacial score (nSPS) is 11.0. The average molecular weight is 564 g/mol. The number of hydrogen-bond acceptors (Lipinski definition) is 5. The van der Waals surface area contributed by atoms with Gasteiger partial charge in [-0.05, 0) is 42.8 Å². The van der Waals surface area contributed by atoms with Crippen LogP contribution in [-0.4, -0.2) is 30.5 Å². The molecule has 0 bridgehead atoms. The monoisotopic (exact) mass is 562 g/mol. The fraction of sp³-hybridized carbons (Fsp3) is 0.100. The van der Waals surface area contributed by atoms with Crippen molar-refractivity contribution >= 4 is 52.0 Å². The Morgan fingerprint density at radius 1 is 0.842 bits per heavy atom. The zero-order chi connectivity index (χ0) is 27.0. The minimum atomic E-state index is 0.340. The maximum Gasteiger partial charge on any atom is 0.153 e. The Morgan fingerprint density at radius 2 is 1.61 bits per heavy atom. The van der Waals surface area contributed by atoms with Crippen LogP contribution in [0.3, 0.4) is 0 Å². The third-order valence-electron chi connectivity index (χ3n) is 6.38. The number of hydrogen-bond donors (Lipinski definition) is 0. The van der Waals surface area contributed by atoms with Crippen molar-refractivity contribution in [1.29, 1.82) is 0 Å². The molecule has 5 aromatic rings. The summed E-state index contributed by atoms with van der Waals surface area (Å²) in [5.41, 5.74) is 6.12. The number of rotatable bonds is 6. The molecule has 0 amide bonds. The molecule has 2 aromatic heterocycles. The molecule has 0 unspecified atom stereocenters. The van der Waals surface area contributed by atoms with Crippen molar-refractivity contribution in [2.45, 2.75) is 6.92 Å². The van der Waals surface area contributed by atoms with Gasteiger partial charge in [0.25, 0.3) is 0 Å². The third-order valence-corrected chi connectivity index (χ3v) is 7.46. The van der Waals surface area contributed by atoms with Gasteiger partial charge in [0.2, 0.25) is 0 Å². The molecule has 0 spiro atoms. The number of aryl methyl sites for hydroxylation is 1. The summed E-state index contributed by atoms with van der Waals surface area (Å²) in [5.74, 6) is 1.17. The number of ether oxygens (including phenoxy) is 2. The Bertz CT molecular complexity index is 1720. The first-order valence-electron chi connectivity index (χ1n) is 11.6. The fourth-order valence-electron chi connectivity index (χ4n) is 4.47. The molecular weight excluding hydrogens is 543 g/mol. The zero-order valence-electron chi connectivity index (χ0n) is 20.7. The first-order chi connectivity index (χ1) is 18.4. The summed E-state index contributed by atoms with van der Waals surface area (Å²) in [5, 5.41) is 1.92. The summed E-state index contributed by atoms with van der Waals surface area (Å²) in [7, 11) is 3.14. The predicted octanol–water partition coefficient (Wildman–Crippen LogP) is 8.73. The maximum atomic E-state index is 11.5. The summed E-state index contributed by atoms with van der Waals surface area (Å²) in [6, 6.07) is 18.5. The van der Waals surface area contributed by atoms with Crippen molar-refractivity contribution in [3.63, 3.8) is 0 Å². The van der Waals surface area contributed by atoms with E-state index in [1.165, 1.54) is 7.11 Å². The number of halogens is 3. The number of methoxy groups -OCH3 is 2. The van der Waals surface area contributed by atoms with E-state index < -0.39 is 0 Å². The minimum absolute atomic E-state index is 0.340. The molecule has 0 aliphatic carbocycles. The number of benzene rings is 3. The molecular formula is C30H21Cl3N2O3. The van der Waals surface area contributed by atoms with Crippen LogP contribution < -0.4 is 9.47 Å². The predicted molar refractivity (Wildman–Crippen MR) is 154 cm³/mol. The highest BCUT2D eigenvalue weighted by molar-refractivity contribution is 6.39. The van der Waals surface area contributed by atoms with Crippen LogP contribution in [0.15, 0.2) is 66.9 Å². The van der Waals surface area contributed by atoms with Crippen LogP contribution in [0.5, 0.6) is 11.5 Å². The van der Waals surface area contributed by atoms with Crippen molar-refractivity contribution in [2.24, 2.45) is 0 Å². The Labute approximate surface area is 234 Å². The smallest absolute Gasteiger partial charge is 0.153 e. The van der Waals surface area contributed by atoms with E-state index in [9.17, 15) is 4.79 Å². The van der Waals surface area contributed by atoms with Gasteiger partial charge >= 0.3 is 0 Å². The summed E-state index contributed by atoms with van der Waals surface area (Å²) in [4.78, 5) is 20.8. The molecule has 0 fully saturated rings. The van der Waals surface area contributed by atoms with Crippen LogP contribution >= 0.6 is 34.8 Å². The number of pyridine rings is 2. The third kappa shape index (κ3) is 4.47. The number of aldehydes is 1. The van der Waals surface area contributed by atoms with Gasteiger partial charge in [-0.1, -0.05) is 65.1 Å². The molecule has 0 aliphatic heterocycles. The van der Waals surface area contributed by atoms with Crippen molar-refractivity contribution in [1.82, 2.24) is 9.97 Å². The second-order valence-electron chi connectivity index (χ2n) is 8.56. The topological polar surface area (TPSA) is 61.3 Å². The second kappa shape index (κ2) is 10.6. The molecule has 3 aromatic carbocycles. The lowest BCUT2D eigenvalue weighted by Gasteiger charge is -2.15. The zero-order valence-corrected chi connectivity index (χ0v) is 22.9. The molecule has 0 atom stereocenters. The van der Waals surface area contributed by atoms with Gasteiger partial charge in [-0.25, -0.2) is 4.98 Å². The Kier molecular flexibility index (Phi) is 7.26. The van der Waals surface area contributed by atoms with E-state index in [1.54, 1.807) is 19.4 Å². The molecule has 0 saturated heterocycles. The first-order valence-corrected chi connectivity index (χ1v) is 12.7. The van der Waals surface area contributed by atoms with Crippen LogP contribution in [0.4, 0.5) is 0 Å². The molecule has 5 nitrogen and oxygen atoms in total. The highest BCUT2D eigenvalue weighted by atomic mass is 35.5. The molecule has 0 saturated carbocycles. The number of nitrogens with zero attached hydrogens (tertiary/aromatic N) is 2. The summed E-state index contributed by atoms with van der Waals surface area (Å²) < 4.78 is 10.9. The number of fused-ring (bicyclic) bond motifs is 1. The molecule has 0 radical (unpaired) electrons. The van der Waals surface area contributed by atoms with Crippen LogP contribution in [0, 0.1) is 6.92 Å². The van der Waals surface area contributed by atoms with Gasteiger partial charge in [0.05, 0.1) is 51.8 Å². The van der Waals surface area contributed by atoms with E-state index in [-0.39, 0.29) is 0 Å². The van der Waals surface area contributed by atoms with Crippen LogP contribution in [0.2, 0.25) is 15.1 Å². The quantitative estimate of drug-likeness (QED) is 0.193. The van der Waals surface area contributed by atoms with Gasteiger partial charge in [-0.3, -0.25) is 9.78 Å². The molecule has 5 rings (SSSR count). The molecule has 8 heteroatoms. The Morgan fingerprint density at radius 3 is 2.34 bits per heavy atom. The van der Waals surface area contributed by atoms with E-state index in [4.69, 9.17) is 49.3 Å². The average Bonchev–Trinajstić information content (AvgIpc) is 2.93. The largest absolute Gasteiger partial charge is 0.496 e. The molecule has 0 aliphatic rings. The van der Waals surface area contributed by atoms with Crippen molar-refractivity contribution < 1.29 is 14.3 Å². The fourth-order valence-corrected chi connectivity index (χ4v) is 5.38. The number of aromatic nitrogens is 2. The van der Waals surface area contributed by atoms with Crippen LogP contribution in [0.25, 0.3) is 44.5 Å². The molecule has 0 N–H and O–H groups in total. The first kappa shape index (κ1) is 26.0. The number of carbonyl (C=O) groups excluding carboxylic acids is 1. The van der Waals surface area contributed by atoms with Gasteiger partial charge in [0, 0.05) is 33.8 Å². The highest BCUT2D eigenvalue weighted by Gasteiger charge is 2.19. The van der Waals surface area contributed by atoms with Crippen LogP contribution in [0.1, 0.15) is 15.9 Å². The standard InChI is InChI=1S/C30H21Cl3N2O3/c1-16-7-8-17(14-25(16)37-2)28-27(33)20(11-12-34-28)19-5-4-6-21(26(19)32)24-10-9-22-29(35-24)23(31)13-18(15-36)30(22)38-3/h4-15H,1-3H3. The van der Waals surface area contributed by atoms with E-state index in [0.717, 1.165) is 28.0 Å². The van der Waals surface area contributed by atoms with Crippen molar-refractivity contribution in [3.05, 3.63) is 93.1 Å². The lowest BCUT2D eigenvalue weighted by Crippen LogP contribution is -1.96. The van der Waals surface area contributed by atoms with E-state index in [1.807, 2.05) is 61.5 Å². The maximum absolute atomic E-state index is 11.5. The van der Waals surface area contributed by atoms with Gasteiger partial charge in [0.15, 0.2) is 6.29 Å². The van der Waals surface area contributed by atoms with E-state index in [2.05, 4.69) is 4.98 Å². The summed E-state index contributed by atoms with van der Waals surface area (Å²) >= 11 is 20.4. The van der Waals surface area contributed by atoms with Crippen LogP contribution in [-0.2, 0) is 0 Å².